The molecule has 0 unspecified atom stereocenters. The molecule has 11 heteroatoms. The summed E-state index contributed by atoms with van der Waals surface area (Å²) >= 11 is 0. The van der Waals surface area contributed by atoms with Gasteiger partial charge in [0.1, 0.15) is 17.2 Å². The van der Waals surface area contributed by atoms with E-state index < -0.39 is 36.7 Å². The van der Waals surface area contributed by atoms with Gasteiger partial charge in [0, 0.05) is 5.69 Å². The SMILES string of the molecule is O=C(COc1ccc(OC(F)(F)F)cc1)Nc1ccc(OC(F)(F)F)cc1. The lowest BCUT2D eigenvalue weighted by Crippen LogP contribution is -2.20. The third-order valence-corrected chi connectivity index (χ3v) is 2.80. The summed E-state index contributed by atoms with van der Waals surface area (Å²) in [5.74, 6) is -1.40. The van der Waals surface area contributed by atoms with Crippen LogP contribution in [-0.2, 0) is 4.79 Å². The molecule has 0 aliphatic heterocycles. The van der Waals surface area contributed by atoms with E-state index in [1.807, 2.05) is 0 Å². The van der Waals surface area contributed by atoms with Crippen LogP contribution in [0, 0.1) is 0 Å². The van der Waals surface area contributed by atoms with Gasteiger partial charge in [-0.2, -0.15) is 0 Å². The molecule has 0 saturated carbocycles. The van der Waals surface area contributed by atoms with Crippen molar-refractivity contribution >= 4 is 11.6 Å². The highest BCUT2D eigenvalue weighted by Crippen LogP contribution is 2.25. The molecule has 0 bridgehead atoms. The first-order chi connectivity index (χ1) is 12.5. The number of carbonyl (C=O) groups excluding carboxylic acids is 1. The van der Waals surface area contributed by atoms with Crippen LogP contribution in [0.5, 0.6) is 17.2 Å². The molecule has 2 aromatic carbocycles. The van der Waals surface area contributed by atoms with Crippen LogP contribution in [0.15, 0.2) is 48.5 Å². The minimum Gasteiger partial charge on any atom is -0.484 e. The molecule has 0 atom stereocenters. The van der Waals surface area contributed by atoms with Crippen LogP contribution < -0.4 is 19.5 Å². The number of hydrogen-bond acceptors (Lipinski definition) is 4. The van der Waals surface area contributed by atoms with Crippen molar-refractivity contribution < 1.29 is 45.3 Å². The van der Waals surface area contributed by atoms with Crippen molar-refractivity contribution in [2.45, 2.75) is 12.7 Å². The van der Waals surface area contributed by atoms with E-state index in [4.69, 9.17) is 4.74 Å². The van der Waals surface area contributed by atoms with Gasteiger partial charge in [0.05, 0.1) is 0 Å². The van der Waals surface area contributed by atoms with Crippen molar-refractivity contribution in [1.82, 2.24) is 0 Å². The summed E-state index contributed by atoms with van der Waals surface area (Å²) in [6, 6.07) is 8.81. The first-order valence-electron chi connectivity index (χ1n) is 7.14. The molecule has 0 aliphatic rings. The quantitative estimate of drug-likeness (QED) is 0.732. The molecule has 2 rings (SSSR count). The summed E-state index contributed by atoms with van der Waals surface area (Å²) in [6.07, 6.45) is -9.64. The van der Waals surface area contributed by atoms with E-state index in [9.17, 15) is 31.1 Å². The highest BCUT2D eigenvalue weighted by molar-refractivity contribution is 5.91. The zero-order valence-electron chi connectivity index (χ0n) is 13.2. The molecule has 0 radical (unpaired) electrons. The predicted octanol–water partition coefficient (Wildman–Crippen LogP) is 4.50. The molecule has 1 amide bonds. The van der Waals surface area contributed by atoms with E-state index in [-0.39, 0.29) is 11.4 Å². The maximum atomic E-state index is 12.0. The van der Waals surface area contributed by atoms with Crippen LogP contribution in [0.4, 0.5) is 32.0 Å². The van der Waals surface area contributed by atoms with Gasteiger partial charge in [-0.15, -0.1) is 26.3 Å². The van der Waals surface area contributed by atoms with Gasteiger partial charge in [-0.3, -0.25) is 4.79 Å². The summed E-state index contributed by atoms with van der Waals surface area (Å²) in [5.41, 5.74) is 0.201. The van der Waals surface area contributed by atoms with Crippen LogP contribution >= 0.6 is 0 Å². The predicted molar refractivity (Wildman–Crippen MR) is 80.4 cm³/mol. The van der Waals surface area contributed by atoms with E-state index in [0.29, 0.717) is 0 Å². The lowest BCUT2D eigenvalue weighted by molar-refractivity contribution is -0.275. The molecule has 5 nitrogen and oxygen atoms in total. The maximum absolute atomic E-state index is 12.0. The van der Waals surface area contributed by atoms with Crippen molar-refractivity contribution in [1.29, 1.82) is 0 Å². The lowest BCUT2D eigenvalue weighted by Gasteiger charge is -2.11. The number of anilines is 1. The fourth-order valence-corrected chi connectivity index (χ4v) is 1.82. The molecule has 2 aromatic rings. The minimum absolute atomic E-state index is 0.119. The number of hydrogen-bond donors (Lipinski definition) is 1. The molecule has 0 fully saturated rings. The average molecular weight is 395 g/mol. The zero-order valence-corrected chi connectivity index (χ0v) is 13.2. The van der Waals surface area contributed by atoms with Gasteiger partial charge < -0.3 is 19.5 Å². The minimum atomic E-state index is -4.82. The molecular weight excluding hydrogens is 384 g/mol. The third kappa shape index (κ3) is 7.75. The highest BCUT2D eigenvalue weighted by Gasteiger charge is 2.31. The van der Waals surface area contributed by atoms with Crippen LogP contribution in [-0.4, -0.2) is 25.2 Å². The standard InChI is InChI=1S/C16H11F6NO4/c17-15(18,19)26-12-3-1-10(2-4-12)23-14(24)9-25-11-5-7-13(8-6-11)27-16(20,21)22/h1-8H,9H2,(H,23,24). The molecule has 1 N–H and O–H groups in total. The number of halogens is 6. The normalized spacial score (nSPS) is 11.6. The van der Waals surface area contributed by atoms with Crippen molar-refractivity contribution in [3.8, 4) is 17.2 Å². The number of alkyl halides is 6. The smallest absolute Gasteiger partial charge is 0.484 e. The van der Waals surface area contributed by atoms with Gasteiger partial charge in [0.15, 0.2) is 6.61 Å². The van der Waals surface area contributed by atoms with E-state index in [0.717, 1.165) is 24.3 Å². The Morgan fingerprint density at radius 3 is 1.59 bits per heavy atom. The fraction of sp³-hybridized carbons (Fsp3) is 0.188. The van der Waals surface area contributed by atoms with E-state index in [2.05, 4.69) is 14.8 Å². The Labute approximate surface area is 148 Å². The topological polar surface area (TPSA) is 56.8 Å². The van der Waals surface area contributed by atoms with Crippen LogP contribution in [0.2, 0.25) is 0 Å². The van der Waals surface area contributed by atoms with Crippen LogP contribution in [0.1, 0.15) is 0 Å². The summed E-state index contributed by atoms with van der Waals surface area (Å²) in [7, 11) is 0. The summed E-state index contributed by atoms with van der Waals surface area (Å²) in [4.78, 5) is 11.7. The monoisotopic (exact) mass is 395 g/mol. The Balaban J connectivity index is 1.82. The van der Waals surface area contributed by atoms with E-state index >= 15 is 0 Å². The lowest BCUT2D eigenvalue weighted by atomic mass is 10.3. The first-order valence-corrected chi connectivity index (χ1v) is 7.14. The fourth-order valence-electron chi connectivity index (χ4n) is 1.82. The molecule has 0 aromatic heterocycles. The second-order valence-electron chi connectivity index (χ2n) is 4.93. The number of carbonyl (C=O) groups is 1. The largest absolute Gasteiger partial charge is 0.573 e. The number of amides is 1. The Morgan fingerprint density at radius 2 is 1.15 bits per heavy atom. The van der Waals surface area contributed by atoms with Gasteiger partial charge in [0.25, 0.3) is 5.91 Å². The number of nitrogens with one attached hydrogen (secondary N) is 1. The van der Waals surface area contributed by atoms with Crippen molar-refractivity contribution in [3.05, 3.63) is 48.5 Å². The van der Waals surface area contributed by atoms with E-state index in [1.54, 1.807) is 0 Å². The second-order valence-corrected chi connectivity index (χ2v) is 4.93. The Kier molecular flexibility index (Phi) is 6.03. The molecular formula is C16H11F6NO4. The van der Waals surface area contributed by atoms with Gasteiger partial charge in [-0.05, 0) is 48.5 Å². The van der Waals surface area contributed by atoms with E-state index in [1.165, 1.54) is 24.3 Å². The highest BCUT2D eigenvalue weighted by atomic mass is 19.4. The molecule has 0 spiro atoms. The van der Waals surface area contributed by atoms with Gasteiger partial charge in [0.2, 0.25) is 0 Å². The van der Waals surface area contributed by atoms with Crippen molar-refractivity contribution in [3.63, 3.8) is 0 Å². The number of benzene rings is 2. The maximum Gasteiger partial charge on any atom is 0.573 e. The van der Waals surface area contributed by atoms with Gasteiger partial charge in [-0.25, -0.2) is 0 Å². The van der Waals surface area contributed by atoms with Crippen LogP contribution in [0.3, 0.4) is 0 Å². The Hall–Kier alpha value is -3.11. The molecule has 27 heavy (non-hydrogen) atoms. The first kappa shape index (κ1) is 20.2. The van der Waals surface area contributed by atoms with Gasteiger partial charge >= 0.3 is 12.7 Å². The average Bonchev–Trinajstić information content (AvgIpc) is 2.53. The van der Waals surface area contributed by atoms with Gasteiger partial charge in [-0.1, -0.05) is 0 Å². The zero-order chi connectivity index (χ0) is 20.1. The van der Waals surface area contributed by atoms with Crippen molar-refractivity contribution in [2.24, 2.45) is 0 Å². The Morgan fingerprint density at radius 1 is 0.741 bits per heavy atom. The molecule has 0 aliphatic carbocycles. The third-order valence-electron chi connectivity index (χ3n) is 2.80. The summed E-state index contributed by atoms with van der Waals surface area (Å²) < 4.78 is 84.7. The number of ether oxygens (including phenoxy) is 3. The van der Waals surface area contributed by atoms with Crippen molar-refractivity contribution in [2.75, 3.05) is 11.9 Å². The summed E-state index contributed by atoms with van der Waals surface area (Å²) in [6.45, 7) is -0.472. The molecule has 0 heterocycles. The summed E-state index contributed by atoms with van der Waals surface area (Å²) in [5, 5.41) is 2.37. The second kappa shape index (κ2) is 8.06. The van der Waals surface area contributed by atoms with Crippen LogP contribution in [0.25, 0.3) is 0 Å². The number of rotatable bonds is 6. The molecule has 0 saturated heterocycles. The molecule has 146 valence electrons. The Bertz CT molecular complexity index is 756.